The SMILES string of the molecule is CC(C1=C(C(C)C(O)CO)C2=CC(C(O)CO)=CC2=C1)C(O)CO. The molecular formula is C18H26O6. The van der Waals surface area contributed by atoms with Crippen LogP contribution in [0.4, 0.5) is 0 Å². The van der Waals surface area contributed by atoms with Crippen LogP contribution in [0.25, 0.3) is 0 Å². The van der Waals surface area contributed by atoms with E-state index in [4.69, 9.17) is 5.11 Å². The van der Waals surface area contributed by atoms with Gasteiger partial charge in [0.1, 0.15) is 6.10 Å². The molecule has 6 N–H and O–H groups in total. The molecular weight excluding hydrogens is 312 g/mol. The van der Waals surface area contributed by atoms with Gasteiger partial charge in [-0.1, -0.05) is 19.9 Å². The number of hydrogen-bond acceptors (Lipinski definition) is 6. The van der Waals surface area contributed by atoms with E-state index in [1.54, 1.807) is 26.0 Å². The Bertz CT molecular complexity index is 601. The van der Waals surface area contributed by atoms with Gasteiger partial charge in [0.15, 0.2) is 0 Å². The van der Waals surface area contributed by atoms with E-state index in [2.05, 4.69) is 0 Å². The minimum Gasteiger partial charge on any atom is -0.394 e. The van der Waals surface area contributed by atoms with Crippen LogP contribution in [-0.4, -0.2) is 68.8 Å². The molecule has 2 aliphatic rings. The Kier molecular flexibility index (Phi) is 6.14. The highest BCUT2D eigenvalue weighted by Gasteiger charge is 2.34. The summed E-state index contributed by atoms with van der Waals surface area (Å²) in [5.41, 5.74) is 3.80. The molecule has 24 heavy (non-hydrogen) atoms. The molecule has 0 bridgehead atoms. The van der Waals surface area contributed by atoms with Crippen molar-refractivity contribution in [1.82, 2.24) is 0 Å². The molecule has 0 radical (unpaired) electrons. The Morgan fingerprint density at radius 3 is 1.92 bits per heavy atom. The zero-order valence-corrected chi connectivity index (χ0v) is 13.9. The molecule has 0 amide bonds. The first-order valence-corrected chi connectivity index (χ1v) is 8.12. The smallest absolute Gasteiger partial charge is 0.102 e. The summed E-state index contributed by atoms with van der Waals surface area (Å²) < 4.78 is 0. The molecule has 0 heterocycles. The van der Waals surface area contributed by atoms with E-state index >= 15 is 0 Å². The predicted octanol–water partition coefficient (Wildman–Crippen LogP) is -0.579. The third-order valence-electron chi connectivity index (χ3n) is 4.89. The van der Waals surface area contributed by atoms with E-state index in [9.17, 15) is 25.5 Å². The molecule has 5 atom stereocenters. The monoisotopic (exact) mass is 338 g/mol. The minimum absolute atomic E-state index is 0.350. The standard InChI is InChI=1S/C18H26O6/c1-9(15(22)6-19)13-4-11-3-12(17(24)8-21)5-14(11)18(13)10(2)16(23)7-20/h3-5,9-10,15-17,19-24H,6-8H2,1-2H3. The second-order valence-corrected chi connectivity index (χ2v) is 6.45. The molecule has 6 nitrogen and oxygen atoms in total. The van der Waals surface area contributed by atoms with Gasteiger partial charge in [-0.05, 0) is 40.0 Å². The normalized spacial score (nSPS) is 23.2. The van der Waals surface area contributed by atoms with Crippen molar-refractivity contribution in [3.8, 4) is 0 Å². The fourth-order valence-electron chi connectivity index (χ4n) is 3.20. The fourth-order valence-corrected chi connectivity index (χ4v) is 3.20. The largest absolute Gasteiger partial charge is 0.394 e. The zero-order valence-electron chi connectivity index (χ0n) is 13.9. The topological polar surface area (TPSA) is 121 Å². The van der Waals surface area contributed by atoms with Crippen molar-refractivity contribution in [2.24, 2.45) is 11.8 Å². The second-order valence-electron chi connectivity index (χ2n) is 6.45. The quantitative estimate of drug-likeness (QED) is 0.352. The Morgan fingerprint density at radius 1 is 0.792 bits per heavy atom. The molecule has 0 aromatic carbocycles. The molecule has 0 aromatic rings. The Morgan fingerprint density at radius 2 is 1.38 bits per heavy atom. The molecule has 0 saturated heterocycles. The molecule has 0 spiro atoms. The number of allylic oxidation sites excluding steroid dienone is 4. The first kappa shape index (κ1) is 19.1. The van der Waals surface area contributed by atoms with Crippen LogP contribution in [-0.2, 0) is 0 Å². The number of aliphatic hydroxyl groups is 6. The highest BCUT2D eigenvalue weighted by atomic mass is 16.3. The summed E-state index contributed by atoms with van der Waals surface area (Å²) in [6.07, 6.45) is 2.51. The van der Waals surface area contributed by atoms with Crippen LogP contribution in [0.15, 0.2) is 46.1 Å². The summed E-state index contributed by atoms with van der Waals surface area (Å²) in [6, 6.07) is 0. The first-order chi connectivity index (χ1) is 11.3. The maximum atomic E-state index is 10.1. The molecule has 2 rings (SSSR count). The Labute approximate surface area is 141 Å². The van der Waals surface area contributed by atoms with Crippen LogP contribution < -0.4 is 0 Å². The lowest BCUT2D eigenvalue weighted by atomic mass is 9.83. The highest BCUT2D eigenvalue weighted by Crippen LogP contribution is 2.45. The van der Waals surface area contributed by atoms with Crippen molar-refractivity contribution in [3.63, 3.8) is 0 Å². The van der Waals surface area contributed by atoms with Crippen molar-refractivity contribution in [3.05, 3.63) is 46.1 Å². The van der Waals surface area contributed by atoms with Gasteiger partial charge in [-0.2, -0.15) is 0 Å². The number of rotatable bonds is 8. The van der Waals surface area contributed by atoms with Crippen molar-refractivity contribution < 1.29 is 30.6 Å². The van der Waals surface area contributed by atoms with E-state index in [1.165, 1.54) is 0 Å². The van der Waals surface area contributed by atoms with Gasteiger partial charge in [0.25, 0.3) is 0 Å². The summed E-state index contributed by atoms with van der Waals surface area (Å²) in [5, 5.41) is 57.5. The summed E-state index contributed by atoms with van der Waals surface area (Å²) in [5.74, 6) is -0.741. The van der Waals surface area contributed by atoms with Crippen LogP contribution in [0.5, 0.6) is 0 Å². The van der Waals surface area contributed by atoms with E-state index in [1.807, 2.05) is 6.08 Å². The lowest BCUT2D eigenvalue weighted by Gasteiger charge is -2.25. The Hall–Kier alpha value is -1.28. The van der Waals surface area contributed by atoms with Crippen LogP contribution in [0.1, 0.15) is 13.8 Å². The zero-order chi connectivity index (χ0) is 18.0. The van der Waals surface area contributed by atoms with Crippen LogP contribution >= 0.6 is 0 Å². The molecule has 134 valence electrons. The van der Waals surface area contributed by atoms with Crippen molar-refractivity contribution in [2.45, 2.75) is 32.2 Å². The van der Waals surface area contributed by atoms with Crippen molar-refractivity contribution >= 4 is 0 Å². The second kappa shape index (κ2) is 7.74. The first-order valence-electron chi connectivity index (χ1n) is 8.12. The van der Waals surface area contributed by atoms with Gasteiger partial charge >= 0.3 is 0 Å². The summed E-state index contributed by atoms with van der Waals surface area (Å²) >= 11 is 0. The third kappa shape index (κ3) is 3.39. The summed E-state index contributed by atoms with van der Waals surface area (Å²) in [7, 11) is 0. The maximum absolute atomic E-state index is 10.1. The molecule has 0 aliphatic heterocycles. The molecule has 0 saturated carbocycles. The third-order valence-corrected chi connectivity index (χ3v) is 4.89. The molecule has 5 unspecified atom stereocenters. The highest BCUT2D eigenvalue weighted by molar-refractivity contribution is 5.70. The van der Waals surface area contributed by atoms with Crippen molar-refractivity contribution in [1.29, 1.82) is 0 Å². The lowest BCUT2D eigenvalue weighted by Crippen LogP contribution is -2.27. The van der Waals surface area contributed by atoms with Gasteiger partial charge in [0.2, 0.25) is 0 Å². The summed E-state index contributed by atoms with van der Waals surface area (Å²) in [6.45, 7) is 2.42. The summed E-state index contributed by atoms with van der Waals surface area (Å²) in [4.78, 5) is 0. The number of hydrogen-bond donors (Lipinski definition) is 6. The van der Waals surface area contributed by atoms with Gasteiger partial charge in [0.05, 0.1) is 32.0 Å². The average Bonchev–Trinajstić information content (AvgIpc) is 3.15. The van der Waals surface area contributed by atoms with Gasteiger partial charge in [-0.25, -0.2) is 0 Å². The van der Waals surface area contributed by atoms with Crippen molar-refractivity contribution in [2.75, 3.05) is 19.8 Å². The Balaban J connectivity index is 2.45. The molecule has 0 aromatic heterocycles. The minimum atomic E-state index is -0.979. The van der Waals surface area contributed by atoms with Gasteiger partial charge in [-0.3, -0.25) is 0 Å². The van der Waals surface area contributed by atoms with E-state index < -0.39 is 30.8 Å². The average molecular weight is 338 g/mol. The van der Waals surface area contributed by atoms with Crippen LogP contribution in [0, 0.1) is 11.8 Å². The van der Waals surface area contributed by atoms with E-state index in [0.29, 0.717) is 5.57 Å². The lowest BCUT2D eigenvalue weighted by molar-refractivity contribution is 0.0597. The van der Waals surface area contributed by atoms with Gasteiger partial charge in [-0.15, -0.1) is 0 Å². The molecule has 2 aliphatic carbocycles. The number of aliphatic hydroxyl groups excluding tert-OH is 6. The molecule has 0 fully saturated rings. The van der Waals surface area contributed by atoms with Gasteiger partial charge < -0.3 is 30.6 Å². The van der Waals surface area contributed by atoms with Crippen LogP contribution in [0.2, 0.25) is 0 Å². The fraction of sp³-hybridized carbons (Fsp3) is 0.556. The number of fused-ring (bicyclic) bond motifs is 1. The predicted molar refractivity (Wildman–Crippen MR) is 88.9 cm³/mol. The van der Waals surface area contributed by atoms with Crippen LogP contribution in [0.3, 0.4) is 0 Å². The maximum Gasteiger partial charge on any atom is 0.102 e. The van der Waals surface area contributed by atoms with E-state index in [0.717, 1.165) is 22.3 Å². The molecule has 6 heteroatoms. The van der Waals surface area contributed by atoms with E-state index in [-0.39, 0.29) is 19.1 Å². The van der Waals surface area contributed by atoms with Gasteiger partial charge in [0, 0.05) is 11.8 Å².